The van der Waals surface area contributed by atoms with Crippen molar-refractivity contribution in [2.75, 3.05) is 0 Å². The van der Waals surface area contributed by atoms with Gasteiger partial charge >= 0.3 is 0 Å². The summed E-state index contributed by atoms with van der Waals surface area (Å²) in [7, 11) is 0. The van der Waals surface area contributed by atoms with Gasteiger partial charge in [0.2, 0.25) is 0 Å². The summed E-state index contributed by atoms with van der Waals surface area (Å²) in [5.74, 6) is -0.105. The first-order chi connectivity index (χ1) is 6.58. The number of hydrogen-bond acceptors (Lipinski definition) is 2. The van der Waals surface area contributed by atoms with Gasteiger partial charge in [-0.3, -0.25) is 9.59 Å². The highest BCUT2D eigenvalue weighted by molar-refractivity contribution is 9.10. The van der Waals surface area contributed by atoms with Crippen LogP contribution in [0.25, 0.3) is 0 Å². The quantitative estimate of drug-likeness (QED) is 0.775. The van der Waals surface area contributed by atoms with Crippen LogP contribution in [0.2, 0.25) is 0 Å². The van der Waals surface area contributed by atoms with Gasteiger partial charge in [0.25, 0.3) is 0 Å². The second-order valence-corrected chi connectivity index (χ2v) is 4.14. The van der Waals surface area contributed by atoms with E-state index < -0.39 is 0 Å². The molecular weight excluding hydrogens is 244 g/mol. The molecule has 0 aliphatic rings. The topological polar surface area (TPSA) is 34.1 Å². The van der Waals surface area contributed by atoms with Gasteiger partial charge in [0, 0.05) is 10.9 Å². The van der Waals surface area contributed by atoms with Crippen molar-refractivity contribution < 1.29 is 9.59 Å². The van der Waals surface area contributed by atoms with Crippen LogP contribution in [0.5, 0.6) is 0 Å². The molecular formula is C11H11BrO2. The molecule has 0 saturated carbocycles. The van der Waals surface area contributed by atoms with Crippen LogP contribution in [0.15, 0.2) is 28.7 Å². The molecule has 0 radical (unpaired) electrons. The molecule has 0 unspecified atom stereocenters. The van der Waals surface area contributed by atoms with Gasteiger partial charge in [0.1, 0.15) is 11.6 Å². The van der Waals surface area contributed by atoms with E-state index in [1.807, 2.05) is 24.3 Å². The monoisotopic (exact) mass is 254 g/mol. The van der Waals surface area contributed by atoms with E-state index in [0.717, 1.165) is 10.0 Å². The Bertz CT molecular complexity index is 341. The Hall–Kier alpha value is -0.960. The van der Waals surface area contributed by atoms with Crippen LogP contribution in [0.4, 0.5) is 0 Å². The smallest absolute Gasteiger partial charge is 0.144 e. The molecule has 0 aliphatic carbocycles. The Morgan fingerprint density at radius 1 is 1.21 bits per heavy atom. The SMILES string of the molecule is CC(=O)CC(=O)Cc1ccc(Br)cc1. The predicted octanol–water partition coefficient (Wildman–Crippen LogP) is 2.54. The van der Waals surface area contributed by atoms with Gasteiger partial charge in [-0.2, -0.15) is 0 Å². The lowest BCUT2D eigenvalue weighted by Crippen LogP contribution is -2.07. The van der Waals surface area contributed by atoms with E-state index in [1.54, 1.807) is 0 Å². The van der Waals surface area contributed by atoms with Crippen molar-refractivity contribution in [3.05, 3.63) is 34.3 Å². The molecule has 0 amide bonds. The Labute approximate surface area is 91.4 Å². The predicted molar refractivity (Wildman–Crippen MR) is 58.2 cm³/mol. The fourth-order valence-corrected chi connectivity index (χ4v) is 1.43. The first-order valence-electron chi connectivity index (χ1n) is 4.33. The number of rotatable bonds is 4. The standard InChI is InChI=1S/C11H11BrO2/c1-8(13)6-11(14)7-9-2-4-10(12)5-3-9/h2-5H,6-7H2,1H3. The largest absolute Gasteiger partial charge is 0.300 e. The normalized spacial score (nSPS) is 9.86. The Morgan fingerprint density at radius 3 is 2.29 bits per heavy atom. The molecule has 0 spiro atoms. The second-order valence-electron chi connectivity index (χ2n) is 3.22. The minimum Gasteiger partial charge on any atom is -0.300 e. The van der Waals surface area contributed by atoms with Gasteiger partial charge in [-0.1, -0.05) is 28.1 Å². The maximum atomic E-state index is 11.3. The molecule has 0 fully saturated rings. The maximum absolute atomic E-state index is 11.3. The summed E-state index contributed by atoms with van der Waals surface area (Å²) in [5, 5.41) is 0. The van der Waals surface area contributed by atoms with Crippen molar-refractivity contribution in [1.29, 1.82) is 0 Å². The second kappa shape index (κ2) is 5.05. The molecule has 14 heavy (non-hydrogen) atoms. The van der Waals surface area contributed by atoms with Gasteiger partial charge in [-0.15, -0.1) is 0 Å². The Balaban J connectivity index is 2.56. The molecule has 0 heterocycles. The lowest BCUT2D eigenvalue weighted by Gasteiger charge is -1.99. The molecule has 0 N–H and O–H groups in total. The van der Waals surface area contributed by atoms with Crippen LogP contribution in [-0.2, 0) is 16.0 Å². The number of benzene rings is 1. The fourth-order valence-electron chi connectivity index (χ4n) is 1.17. The minimum absolute atomic E-state index is 0.0279. The van der Waals surface area contributed by atoms with Crippen molar-refractivity contribution in [3.63, 3.8) is 0 Å². The molecule has 0 atom stereocenters. The third-order valence-corrected chi connectivity index (χ3v) is 2.29. The Morgan fingerprint density at radius 2 is 1.79 bits per heavy atom. The van der Waals surface area contributed by atoms with Crippen LogP contribution in [0, 0.1) is 0 Å². The molecule has 1 aromatic rings. The van der Waals surface area contributed by atoms with Gasteiger partial charge in [0.05, 0.1) is 6.42 Å². The van der Waals surface area contributed by atoms with E-state index >= 15 is 0 Å². The van der Waals surface area contributed by atoms with Gasteiger partial charge in [-0.05, 0) is 24.6 Å². The van der Waals surface area contributed by atoms with E-state index in [4.69, 9.17) is 0 Å². The van der Waals surface area contributed by atoms with Crippen molar-refractivity contribution in [1.82, 2.24) is 0 Å². The number of carbonyl (C=O) groups is 2. The molecule has 0 saturated heterocycles. The average molecular weight is 255 g/mol. The minimum atomic E-state index is -0.0767. The van der Waals surface area contributed by atoms with E-state index in [0.29, 0.717) is 6.42 Å². The van der Waals surface area contributed by atoms with Gasteiger partial charge < -0.3 is 0 Å². The van der Waals surface area contributed by atoms with Gasteiger partial charge in [0.15, 0.2) is 0 Å². The van der Waals surface area contributed by atoms with Crippen LogP contribution in [0.3, 0.4) is 0 Å². The number of halogens is 1. The number of ketones is 2. The van der Waals surface area contributed by atoms with Gasteiger partial charge in [-0.25, -0.2) is 0 Å². The lowest BCUT2D eigenvalue weighted by atomic mass is 10.1. The summed E-state index contributed by atoms with van der Waals surface area (Å²) < 4.78 is 0.986. The zero-order valence-electron chi connectivity index (χ0n) is 7.92. The summed E-state index contributed by atoms with van der Waals surface area (Å²) in [6, 6.07) is 7.52. The first kappa shape index (κ1) is 11.1. The van der Waals surface area contributed by atoms with Crippen LogP contribution < -0.4 is 0 Å². The summed E-state index contributed by atoms with van der Waals surface area (Å²) >= 11 is 3.31. The molecule has 3 heteroatoms. The van der Waals surface area contributed by atoms with E-state index in [2.05, 4.69) is 15.9 Å². The van der Waals surface area contributed by atoms with Crippen molar-refractivity contribution in [2.45, 2.75) is 19.8 Å². The van der Waals surface area contributed by atoms with Crippen LogP contribution in [-0.4, -0.2) is 11.6 Å². The molecule has 74 valence electrons. The fraction of sp³-hybridized carbons (Fsp3) is 0.273. The third-order valence-electron chi connectivity index (χ3n) is 1.76. The summed E-state index contributed by atoms with van der Waals surface area (Å²) in [4.78, 5) is 21.9. The van der Waals surface area contributed by atoms with Crippen molar-refractivity contribution >= 4 is 27.5 Å². The highest BCUT2D eigenvalue weighted by Crippen LogP contribution is 2.11. The van der Waals surface area contributed by atoms with Crippen molar-refractivity contribution in [2.24, 2.45) is 0 Å². The van der Waals surface area contributed by atoms with Crippen LogP contribution >= 0.6 is 15.9 Å². The molecule has 0 aromatic heterocycles. The zero-order valence-corrected chi connectivity index (χ0v) is 9.50. The summed E-state index contributed by atoms with van der Waals surface area (Å²) in [6.07, 6.45) is 0.378. The molecule has 0 bridgehead atoms. The number of hydrogen-bond donors (Lipinski definition) is 0. The van der Waals surface area contributed by atoms with E-state index in [-0.39, 0.29) is 18.0 Å². The maximum Gasteiger partial charge on any atom is 0.144 e. The van der Waals surface area contributed by atoms with Crippen LogP contribution in [0.1, 0.15) is 18.9 Å². The molecule has 0 aliphatic heterocycles. The molecule has 2 nitrogen and oxygen atoms in total. The molecule has 1 aromatic carbocycles. The third kappa shape index (κ3) is 3.83. The van der Waals surface area contributed by atoms with E-state index in [9.17, 15) is 9.59 Å². The highest BCUT2D eigenvalue weighted by atomic mass is 79.9. The lowest BCUT2D eigenvalue weighted by molar-refractivity contribution is -0.125. The first-order valence-corrected chi connectivity index (χ1v) is 5.13. The Kier molecular flexibility index (Phi) is 4.01. The summed E-state index contributed by atoms with van der Waals surface area (Å²) in [5.41, 5.74) is 0.944. The number of Topliss-reactive ketones (excluding diaryl/α,β-unsaturated/α-hetero) is 2. The average Bonchev–Trinajstić information content (AvgIpc) is 2.07. The zero-order chi connectivity index (χ0) is 10.6. The molecule has 1 rings (SSSR count). The summed E-state index contributed by atoms with van der Waals surface area (Å²) in [6.45, 7) is 1.43. The number of carbonyl (C=O) groups excluding carboxylic acids is 2. The highest BCUT2D eigenvalue weighted by Gasteiger charge is 2.06. The van der Waals surface area contributed by atoms with Crippen molar-refractivity contribution in [3.8, 4) is 0 Å². The van der Waals surface area contributed by atoms with E-state index in [1.165, 1.54) is 6.92 Å².